The van der Waals surface area contributed by atoms with Crippen LogP contribution in [0.4, 0.5) is 5.69 Å². The second-order valence-electron chi connectivity index (χ2n) is 4.78. The number of nitrogen functional groups attached to an aromatic ring is 1. The Hall–Kier alpha value is -1.66. The lowest BCUT2D eigenvalue weighted by molar-refractivity contribution is 0.0571. The van der Waals surface area contributed by atoms with Gasteiger partial charge >= 0.3 is 0 Å². The Morgan fingerprint density at radius 1 is 1.68 bits per heavy atom. The average molecular weight is 264 g/mol. The molecule has 1 fully saturated rings. The number of carbonyl (C=O) groups is 1. The van der Waals surface area contributed by atoms with Crippen molar-refractivity contribution in [2.75, 3.05) is 32.2 Å². The molecular formula is C13H20N4O2. The number of hydrogen-bond donors (Lipinski definition) is 2. The predicted octanol–water partition coefficient (Wildman–Crippen LogP) is 0.866. The highest BCUT2D eigenvalue weighted by Crippen LogP contribution is 2.21. The number of aromatic nitrogens is 1. The molecule has 2 rings (SSSR count). The van der Waals surface area contributed by atoms with Gasteiger partial charge in [-0.3, -0.25) is 15.6 Å². The number of carbonyl (C=O) groups excluding carboxylic acids is 1. The van der Waals surface area contributed by atoms with Crippen LogP contribution in [0, 0.1) is 5.92 Å². The minimum Gasteiger partial charge on any atom is -0.384 e. The largest absolute Gasteiger partial charge is 0.384 e. The van der Waals surface area contributed by atoms with E-state index in [2.05, 4.69) is 10.4 Å². The van der Waals surface area contributed by atoms with Gasteiger partial charge in [-0.25, -0.2) is 0 Å². The number of hydrazine groups is 1. The summed E-state index contributed by atoms with van der Waals surface area (Å²) < 4.78 is 5.18. The first kappa shape index (κ1) is 13.8. The van der Waals surface area contributed by atoms with Gasteiger partial charge in [0, 0.05) is 32.6 Å². The highest BCUT2D eigenvalue weighted by atomic mass is 16.5. The number of anilines is 1. The van der Waals surface area contributed by atoms with E-state index >= 15 is 0 Å². The smallest absolute Gasteiger partial charge is 0.257 e. The van der Waals surface area contributed by atoms with E-state index in [1.807, 2.05) is 4.90 Å². The average Bonchev–Trinajstić information content (AvgIpc) is 2.47. The summed E-state index contributed by atoms with van der Waals surface area (Å²) in [5.41, 5.74) is 3.66. The van der Waals surface area contributed by atoms with Crippen LogP contribution in [-0.2, 0) is 4.74 Å². The van der Waals surface area contributed by atoms with E-state index < -0.39 is 0 Å². The Balaban J connectivity index is 2.10. The second-order valence-corrected chi connectivity index (χ2v) is 4.78. The lowest BCUT2D eigenvalue weighted by Gasteiger charge is -2.32. The summed E-state index contributed by atoms with van der Waals surface area (Å²) in [5, 5.41) is 0. The molecule has 1 saturated heterocycles. The monoisotopic (exact) mass is 264 g/mol. The maximum atomic E-state index is 12.5. The van der Waals surface area contributed by atoms with E-state index in [1.54, 1.807) is 25.6 Å². The number of hydrogen-bond acceptors (Lipinski definition) is 5. The molecule has 2 heterocycles. The Morgan fingerprint density at radius 3 is 3.26 bits per heavy atom. The van der Waals surface area contributed by atoms with Crippen molar-refractivity contribution in [2.24, 2.45) is 11.8 Å². The summed E-state index contributed by atoms with van der Waals surface area (Å²) in [5.74, 6) is 5.81. The fourth-order valence-electron chi connectivity index (χ4n) is 2.48. The molecule has 1 aromatic heterocycles. The Bertz CT molecular complexity index is 436. The molecule has 1 atom stereocenters. The summed E-state index contributed by atoms with van der Waals surface area (Å²) in [6, 6.07) is 1.70. The van der Waals surface area contributed by atoms with Gasteiger partial charge in [0.2, 0.25) is 0 Å². The van der Waals surface area contributed by atoms with Gasteiger partial charge < -0.3 is 15.1 Å². The second kappa shape index (κ2) is 6.49. The van der Waals surface area contributed by atoms with Crippen molar-refractivity contribution < 1.29 is 9.53 Å². The fraction of sp³-hybridized carbons (Fsp3) is 0.538. The quantitative estimate of drug-likeness (QED) is 0.623. The van der Waals surface area contributed by atoms with Crippen LogP contribution in [0.15, 0.2) is 18.5 Å². The predicted molar refractivity (Wildman–Crippen MR) is 72.6 cm³/mol. The van der Waals surface area contributed by atoms with Crippen molar-refractivity contribution in [1.82, 2.24) is 9.88 Å². The van der Waals surface area contributed by atoms with Gasteiger partial charge in [-0.15, -0.1) is 0 Å². The number of amides is 1. The number of nitrogens with one attached hydrogen (secondary N) is 1. The molecule has 6 nitrogen and oxygen atoms in total. The number of ether oxygens (including phenoxy) is 1. The third-order valence-corrected chi connectivity index (χ3v) is 3.42. The molecule has 0 spiro atoms. The van der Waals surface area contributed by atoms with Crippen molar-refractivity contribution in [3.05, 3.63) is 24.0 Å². The first-order valence-electron chi connectivity index (χ1n) is 6.45. The highest BCUT2D eigenvalue weighted by Gasteiger charge is 2.25. The van der Waals surface area contributed by atoms with Crippen LogP contribution in [0.1, 0.15) is 23.2 Å². The molecule has 0 aromatic carbocycles. The van der Waals surface area contributed by atoms with Gasteiger partial charge in [-0.2, -0.15) is 0 Å². The lowest BCUT2D eigenvalue weighted by Crippen LogP contribution is -2.41. The summed E-state index contributed by atoms with van der Waals surface area (Å²) in [4.78, 5) is 18.3. The van der Waals surface area contributed by atoms with Crippen molar-refractivity contribution in [3.63, 3.8) is 0 Å². The first-order valence-corrected chi connectivity index (χ1v) is 6.45. The molecule has 6 heteroatoms. The van der Waals surface area contributed by atoms with Crippen LogP contribution < -0.4 is 11.3 Å². The normalized spacial score (nSPS) is 19.3. The van der Waals surface area contributed by atoms with E-state index in [-0.39, 0.29) is 5.91 Å². The minimum absolute atomic E-state index is 0.0261. The van der Waals surface area contributed by atoms with Crippen LogP contribution in [0.2, 0.25) is 0 Å². The maximum absolute atomic E-state index is 12.5. The zero-order valence-corrected chi connectivity index (χ0v) is 11.1. The number of nitrogens with two attached hydrogens (primary N) is 1. The van der Waals surface area contributed by atoms with Crippen molar-refractivity contribution in [2.45, 2.75) is 12.8 Å². The molecule has 3 N–H and O–H groups in total. The number of rotatable bonds is 4. The topological polar surface area (TPSA) is 80.5 Å². The van der Waals surface area contributed by atoms with E-state index in [9.17, 15) is 4.79 Å². The van der Waals surface area contributed by atoms with Crippen LogP contribution >= 0.6 is 0 Å². The summed E-state index contributed by atoms with van der Waals surface area (Å²) >= 11 is 0. The Labute approximate surface area is 112 Å². The number of methoxy groups -OCH3 is 1. The zero-order valence-electron chi connectivity index (χ0n) is 11.1. The number of nitrogens with zero attached hydrogens (tertiary/aromatic N) is 2. The third kappa shape index (κ3) is 3.21. The third-order valence-electron chi connectivity index (χ3n) is 3.42. The molecule has 1 aliphatic rings. The van der Waals surface area contributed by atoms with Gasteiger partial charge in [-0.1, -0.05) is 0 Å². The molecule has 19 heavy (non-hydrogen) atoms. The molecule has 1 amide bonds. The molecular weight excluding hydrogens is 244 g/mol. The van der Waals surface area contributed by atoms with E-state index in [0.717, 1.165) is 25.9 Å². The molecule has 0 saturated carbocycles. The number of likely N-dealkylation sites (tertiary alicyclic amines) is 1. The maximum Gasteiger partial charge on any atom is 0.257 e. The van der Waals surface area contributed by atoms with Crippen molar-refractivity contribution in [3.8, 4) is 0 Å². The van der Waals surface area contributed by atoms with Gasteiger partial charge in [0.25, 0.3) is 5.91 Å². The first-order chi connectivity index (χ1) is 9.26. The van der Waals surface area contributed by atoms with Crippen LogP contribution in [0.3, 0.4) is 0 Å². The number of piperidine rings is 1. The van der Waals surface area contributed by atoms with Crippen LogP contribution in [0.25, 0.3) is 0 Å². The fourth-order valence-corrected chi connectivity index (χ4v) is 2.48. The minimum atomic E-state index is -0.0261. The summed E-state index contributed by atoms with van der Waals surface area (Å²) in [6.45, 7) is 2.20. The SMILES string of the molecule is COCC1CCCN(C(=O)c2cnccc2NN)C1. The van der Waals surface area contributed by atoms with E-state index in [4.69, 9.17) is 10.6 Å². The molecule has 0 bridgehead atoms. The van der Waals surface area contributed by atoms with Crippen molar-refractivity contribution >= 4 is 11.6 Å². The molecule has 0 aliphatic carbocycles. The van der Waals surface area contributed by atoms with Gasteiger partial charge in [-0.05, 0) is 24.8 Å². The van der Waals surface area contributed by atoms with Crippen LogP contribution in [-0.4, -0.2) is 42.6 Å². The molecule has 1 aromatic rings. The molecule has 1 unspecified atom stereocenters. The van der Waals surface area contributed by atoms with Crippen molar-refractivity contribution in [1.29, 1.82) is 0 Å². The Kier molecular flexibility index (Phi) is 4.70. The summed E-state index contributed by atoms with van der Waals surface area (Å²) in [6.07, 6.45) is 5.27. The zero-order chi connectivity index (χ0) is 13.7. The number of pyridine rings is 1. The standard InChI is InChI=1S/C13H20N4O2/c1-19-9-10-3-2-6-17(8-10)13(18)11-7-15-5-4-12(11)16-14/h4-5,7,10H,2-3,6,8-9,14H2,1H3,(H,15,16). The van der Waals surface area contributed by atoms with Gasteiger partial charge in [0.1, 0.15) is 0 Å². The van der Waals surface area contributed by atoms with E-state index in [0.29, 0.717) is 23.8 Å². The summed E-state index contributed by atoms with van der Waals surface area (Å²) in [7, 11) is 1.69. The Morgan fingerprint density at radius 2 is 2.53 bits per heavy atom. The van der Waals surface area contributed by atoms with Crippen LogP contribution in [0.5, 0.6) is 0 Å². The van der Waals surface area contributed by atoms with E-state index in [1.165, 1.54) is 0 Å². The lowest BCUT2D eigenvalue weighted by atomic mass is 9.98. The molecule has 104 valence electrons. The molecule has 0 radical (unpaired) electrons. The van der Waals surface area contributed by atoms with Gasteiger partial charge in [0.15, 0.2) is 0 Å². The van der Waals surface area contributed by atoms with Gasteiger partial charge in [0.05, 0.1) is 17.9 Å². The highest BCUT2D eigenvalue weighted by molar-refractivity contribution is 5.99. The molecule has 1 aliphatic heterocycles.